The van der Waals surface area contributed by atoms with Crippen LogP contribution in [0, 0.1) is 0 Å². The molecule has 0 unspecified atom stereocenters. The van der Waals surface area contributed by atoms with E-state index in [0.717, 1.165) is 48.6 Å². The Labute approximate surface area is 184 Å². The van der Waals surface area contributed by atoms with Gasteiger partial charge in [-0.05, 0) is 68.6 Å². The number of hydrogen-bond donors (Lipinski definition) is 1. The van der Waals surface area contributed by atoms with E-state index in [1.165, 1.54) is 16.3 Å². The predicted octanol–water partition coefficient (Wildman–Crippen LogP) is 4.78. The topological polar surface area (TPSA) is 44.3 Å². The summed E-state index contributed by atoms with van der Waals surface area (Å²) in [6, 6.07) is 23.4. The number of nitrogens with zero attached hydrogens (tertiary/aromatic N) is 4. The molecule has 0 fully saturated rings. The van der Waals surface area contributed by atoms with Crippen LogP contribution in [0.3, 0.4) is 0 Å². The number of anilines is 1. The van der Waals surface area contributed by atoms with Gasteiger partial charge in [0.05, 0.1) is 12.1 Å². The van der Waals surface area contributed by atoms with Crippen molar-refractivity contribution in [2.24, 2.45) is 0 Å². The Bertz CT molecular complexity index is 1150. The molecule has 160 valence electrons. The van der Waals surface area contributed by atoms with Crippen molar-refractivity contribution < 1.29 is 0 Å². The van der Waals surface area contributed by atoms with Crippen LogP contribution in [0.4, 0.5) is 5.82 Å². The molecule has 0 saturated carbocycles. The van der Waals surface area contributed by atoms with E-state index in [0.29, 0.717) is 6.54 Å². The first-order valence-corrected chi connectivity index (χ1v) is 10.9. The van der Waals surface area contributed by atoms with Gasteiger partial charge in [-0.25, -0.2) is 9.97 Å². The summed E-state index contributed by atoms with van der Waals surface area (Å²) < 4.78 is 0. The lowest BCUT2D eigenvalue weighted by atomic mass is 10.1. The molecule has 3 aromatic carbocycles. The third kappa shape index (κ3) is 5.57. The number of fused-ring (bicyclic) bond motifs is 2. The lowest BCUT2D eigenvalue weighted by Gasteiger charge is -2.18. The summed E-state index contributed by atoms with van der Waals surface area (Å²) in [4.78, 5) is 14.2. The van der Waals surface area contributed by atoms with Crippen molar-refractivity contribution in [1.29, 1.82) is 0 Å². The maximum Gasteiger partial charge on any atom is 0.145 e. The van der Waals surface area contributed by atoms with Crippen LogP contribution >= 0.6 is 0 Å². The van der Waals surface area contributed by atoms with Crippen molar-refractivity contribution in [1.82, 2.24) is 19.8 Å². The third-order valence-electron chi connectivity index (χ3n) is 5.40. The van der Waals surface area contributed by atoms with Crippen LogP contribution in [0.5, 0.6) is 0 Å². The quantitative estimate of drug-likeness (QED) is 0.400. The zero-order chi connectivity index (χ0) is 21.6. The largest absolute Gasteiger partial charge is 0.369 e. The van der Waals surface area contributed by atoms with Gasteiger partial charge in [-0.15, -0.1) is 0 Å². The second-order valence-electron chi connectivity index (χ2n) is 8.44. The molecule has 0 radical (unpaired) electrons. The summed E-state index contributed by atoms with van der Waals surface area (Å²) in [5.41, 5.74) is 2.28. The molecular weight excluding hydrogens is 382 g/mol. The number of rotatable bonds is 9. The van der Waals surface area contributed by atoms with Crippen molar-refractivity contribution in [3.05, 3.63) is 78.1 Å². The van der Waals surface area contributed by atoms with Gasteiger partial charge >= 0.3 is 0 Å². The number of aromatic nitrogens is 2. The maximum absolute atomic E-state index is 4.87. The Morgan fingerprint density at radius 3 is 2.42 bits per heavy atom. The minimum absolute atomic E-state index is 0.698. The highest BCUT2D eigenvalue weighted by atomic mass is 15.1. The summed E-state index contributed by atoms with van der Waals surface area (Å²) >= 11 is 0. The van der Waals surface area contributed by atoms with Crippen molar-refractivity contribution in [3.63, 3.8) is 0 Å². The highest BCUT2D eigenvalue weighted by molar-refractivity contribution is 5.89. The van der Waals surface area contributed by atoms with Gasteiger partial charge < -0.3 is 10.2 Å². The average molecular weight is 414 g/mol. The minimum Gasteiger partial charge on any atom is -0.369 e. The molecule has 0 atom stereocenters. The Hall–Kier alpha value is -3.02. The predicted molar refractivity (Wildman–Crippen MR) is 130 cm³/mol. The van der Waals surface area contributed by atoms with E-state index >= 15 is 0 Å². The molecular formula is C26H31N5. The first-order valence-electron chi connectivity index (χ1n) is 10.9. The molecule has 1 N–H and O–H groups in total. The molecule has 4 aromatic rings. The van der Waals surface area contributed by atoms with Gasteiger partial charge in [-0.1, -0.05) is 48.5 Å². The molecule has 0 aliphatic heterocycles. The summed E-state index contributed by atoms with van der Waals surface area (Å²) in [6.07, 6.45) is 1.07. The van der Waals surface area contributed by atoms with Crippen LogP contribution in [-0.4, -0.2) is 54.0 Å². The smallest absolute Gasteiger partial charge is 0.145 e. The molecule has 5 nitrogen and oxygen atoms in total. The van der Waals surface area contributed by atoms with E-state index in [4.69, 9.17) is 9.97 Å². The molecule has 0 aliphatic rings. The van der Waals surface area contributed by atoms with Crippen molar-refractivity contribution in [3.8, 4) is 0 Å². The first kappa shape index (κ1) is 21.2. The molecule has 0 aliphatic carbocycles. The van der Waals surface area contributed by atoms with Gasteiger partial charge in [-0.3, -0.25) is 4.90 Å². The number of para-hydroxylation sites is 1. The second kappa shape index (κ2) is 9.86. The fourth-order valence-electron chi connectivity index (χ4n) is 3.88. The van der Waals surface area contributed by atoms with E-state index in [1.807, 2.05) is 12.1 Å². The minimum atomic E-state index is 0.698. The van der Waals surface area contributed by atoms with E-state index in [2.05, 4.69) is 90.9 Å². The zero-order valence-corrected chi connectivity index (χ0v) is 18.7. The van der Waals surface area contributed by atoms with E-state index in [1.54, 1.807) is 0 Å². The fourth-order valence-corrected chi connectivity index (χ4v) is 3.88. The van der Waals surface area contributed by atoms with Crippen molar-refractivity contribution in [2.45, 2.75) is 19.5 Å². The van der Waals surface area contributed by atoms with Crippen LogP contribution in [0.2, 0.25) is 0 Å². The zero-order valence-electron chi connectivity index (χ0n) is 18.7. The van der Waals surface area contributed by atoms with Crippen molar-refractivity contribution >= 4 is 27.5 Å². The van der Waals surface area contributed by atoms with Gasteiger partial charge in [0, 0.05) is 18.5 Å². The summed E-state index contributed by atoms with van der Waals surface area (Å²) in [5.74, 6) is 1.77. The van der Waals surface area contributed by atoms with Gasteiger partial charge in [0.1, 0.15) is 11.6 Å². The molecule has 31 heavy (non-hydrogen) atoms. The normalized spacial score (nSPS) is 11.6. The SMILES string of the molecule is CN(C)CCCNc1nc(CN(C)Cc2ccc3ccccc3c2)nc2ccccc12. The monoisotopic (exact) mass is 413 g/mol. The van der Waals surface area contributed by atoms with E-state index in [9.17, 15) is 0 Å². The van der Waals surface area contributed by atoms with Gasteiger partial charge in [0.15, 0.2) is 0 Å². The molecule has 5 heteroatoms. The molecule has 0 spiro atoms. The first-order chi connectivity index (χ1) is 15.1. The van der Waals surface area contributed by atoms with Crippen LogP contribution in [0.15, 0.2) is 66.7 Å². The lowest BCUT2D eigenvalue weighted by molar-refractivity contribution is 0.311. The van der Waals surface area contributed by atoms with Crippen molar-refractivity contribution in [2.75, 3.05) is 39.5 Å². The average Bonchev–Trinajstić information content (AvgIpc) is 2.76. The van der Waals surface area contributed by atoms with Crippen LogP contribution in [0.1, 0.15) is 17.8 Å². The Morgan fingerprint density at radius 2 is 1.58 bits per heavy atom. The molecule has 0 saturated heterocycles. The summed E-state index contributed by atoms with van der Waals surface area (Å²) in [7, 11) is 6.32. The molecule has 4 rings (SSSR count). The van der Waals surface area contributed by atoms with E-state index < -0.39 is 0 Å². The van der Waals surface area contributed by atoms with E-state index in [-0.39, 0.29) is 0 Å². The van der Waals surface area contributed by atoms with Gasteiger partial charge in [0.25, 0.3) is 0 Å². The summed E-state index contributed by atoms with van der Waals surface area (Å²) in [6.45, 7) is 3.50. The Balaban J connectivity index is 1.48. The number of nitrogens with one attached hydrogen (secondary N) is 1. The van der Waals surface area contributed by atoms with Crippen LogP contribution < -0.4 is 5.32 Å². The van der Waals surface area contributed by atoms with Gasteiger partial charge in [-0.2, -0.15) is 0 Å². The molecule has 1 aromatic heterocycles. The summed E-state index contributed by atoms with van der Waals surface area (Å²) in [5, 5.41) is 7.16. The van der Waals surface area contributed by atoms with Gasteiger partial charge in [0.2, 0.25) is 0 Å². The van der Waals surface area contributed by atoms with Crippen LogP contribution in [-0.2, 0) is 13.1 Å². The molecule has 0 amide bonds. The molecule has 1 heterocycles. The highest BCUT2D eigenvalue weighted by Crippen LogP contribution is 2.21. The number of hydrogen-bond acceptors (Lipinski definition) is 5. The molecule has 0 bridgehead atoms. The number of benzene rings is 3. The standard InChI is InChI=1S/C26H31N5/c1-30(2)16-8-15-27-26-23-11-6-7-12-24(23)28-25(29-26)19-31(3)18-20-13-14-21-9-4-5-10-22(21)17-20/h4-7,9-14,17H,8,15-16,18-19H2,1-3H3,(H,27,28,29). The fraction of sp³-hybridized carbons (Fsp3) is 0.308. The third-order valence-corrected chi connectivity index (χ3v) is 5.40. The highest BCUT2D eigenvalue weighted by Gasteiger charge is 2.10. The maximum atomic E-state index is 4.87. The second-order valence-corrected chi connectivity index (χ2v) is 8.44. The Kier molecular flexibility index (Phi) is 6.75. The van der Waals surface area contributed by atoms with Crippen LogP contribution in [0.25, 0.3) is 21.7 Å². The Morgan fingerprint density at radius 1 is 0.806 bits per heavy atom. The lowest BCUT2D eigenvalue weighted by Crippen LogP contribution is -2.20.